The molecule has 2 N–H and O–H groups in total. The van der Waals surface area contributed by atoms with E-state index in [1.807, 2.05) is 24.0 Å². The standard InChI is InChI=1S/C13H22N2OS2/c1-12(6-10-17-2)14-8-4-5-9-15-13(16)7-11-18-3/h6-7,10-11,14H,1,4-5,8-9H2,2-3H3,(H,15,16). The lowest BCUT2D eigenvalue weighted by Gasteiger charge is -2.06. The number of hydrogen-bond donors (Lipinski definition) is 2. The van der Waals surface area contributed by atoms with Crippen LogP contribution in [-0.2, 0) is 4.79 Å². The molecule has 3 nitrogen and oxygen atoms in total. The van der Waals surface area contributed by atoms with Gasteiger partial charge in [0.1, 0.15) is 0 Å². The molecule has 0 radical (unpaired) electrons. The van der Waals surface area contributed by atoms with Gasteiger partial charge in [0.05, 0.1) is 0 Å². The number of unbranched alkanes of at least 4 members (excludes halogenated alkanes) is 1. The quantitative estimate of drug-likeness (QED) is 0.368. The number of rotatable bonds is 10. The molecule has 0 atom stereocenters. The summed E-state index contributed by atoms with van der Waals surface area (Å²) in [6.45, 7) is 5.48. The van der Waals surface area contributed by atoms with Crippen LogP contribution in [0, 0.1) is 0 Å². The minimum atomic E-state index is -0.0235. The number of amides is 1. The Kier molecular flexibility index (Phi) is 12.1. The summed E-state index contributed by atoms with van der Waals surface area (Å²) in [7, 11) is 0. The molecule has 1 amide bonds. The molecule has 102 valence electrons. The highest BCUT2D eigenvalue weighted by Crippen LogP contribution is 1.97. The van der Waals surface area contributed by atoms with Gasteiger partial charge in [-0.05, 0) is 42.2 Å². The van der Waals surface area contributed by atoms with Gasteiger partial charge in [-0.3, -0.25) is 4.79 Å². The van der Waals surface area contributed by atoms with Gasteiger partial charge in [0.25, 0.3) is 0 Å². The summed E-state index contributed by atoms with van der Waals surface area (Å²) in [4.78, 5) is 11.2. The number of allylic oxidation sites excluding steroid dienone is 1. The highest BCUT2D eigenvalue weighted by Gasteiger charge is 1.94. The summed E-state index contributed by atoms with van der Waals surface area (Å²) in [5, 5.41) is 9.82. The number of hydrogen-bond acceptors (Lipinski definition) is 4. The Bertz CT molecular complexity index is 271. The van der Waals surface area contributed by atoms with Crippen LogP contribution in [0.25, 0.3) is 0 Å². The van der Waals surface area contributed by atoms with Crippen molar-refractivity contribution < 1.29 is 4.79 Å². The van der Waals surface area contributed by atoms with E-state index in [0.717, 1.165) is 25.1 Å². The number of thioether (sulfide) groups is 2. The first-order valence-electron chi connectivity index (χ1n) is 5.80. The summed E-state index contributed by atoms with van der Waals surface area (Å²) in [5.41, 5.74) is 0.927. The van der Waals surface area contributed by atoms with Crippen molar-refractivity contribution in [2.75, 3.05) is 25.6 Å². The zero-order valence-corrected chi connectivity index (χ0v) is 12.7. The third-order valence-corrected chi connectivity index (χ3v) is 2.83. The van der Waals surface area contributed by atoms with Crippen LogP contribution in [0.15, 0.2) is 35.2 Å². The van der Waals surface area contributed by atoms with Gasteiger partial charge in [-0.2, -0.15) is 0 Å². The van der Waals surface area contributed by atoms with Crippen LogP contribution in [0.4, 0.5) is 0 Å². The third-order valence-electron chi connectivity index (χ3n) is 2.02. The molecule has 0 unspecified atom stereocenters. The molecule has 0 fully saturated rings. The van der Waals surface area contributed by atoms with Crippen LogP contribution in [-0.4, -0.2) is 31.5 Å². The van der Waals surface area contributed by atoms with Crippen molar-refractivity contribution in [3.8, 4) is 0 Å². The average Bonchev–Trinajstić information content (AvgIpc) is 2.37. The van der Waals surface area contributed by atoms with E-state index in [1.54, 1.807) is 23.2 Å². The lowest BCUT2D eigenvalue weighted by atomic mass is 10.3. The molecule has 0 aliphatic rings. The van der Waals surface area contributed by atoms with Gasteiger partial charge in [0.15, 0.2) is 0 Å². The predicted octanol–water partition coefficient (Wildman–Crippen LogP) is 2.74. The topological polar surface area (TPSA) is 41.1 Å². The van der Waals surface area contributed by atoms with Crippen LogP contribution in [0.2, 0.25) is 0 Å². The second-order valence-corrected chi connectivity index (χ2v) is 5.01. The maximum atomic E-state index is 11.2. The Morgan fingerprint density at radius 3 is 2.22 bits per heavy atom. The molecule has 18 heavy (non-hydrogen) atoms. The minimum Gasteiger partial charge on any atom is -0.386 e. The maximum absolute atomic E-state index is 11.2. The van der Waals surface area contributed by atoms with Crippen molar-refractivity contribution in [3.05, 3.63) is 35.2 Å². The lowest BCUT2D eigenvalue weighted by molar-refractivity contribution is -0.116. The van der Waals surface area contributed by atoms with Crippen LogP contribution in [0.5, 0.6) is 0 Å². The fourth-order valence-corrected chi connectivity index (χ4v) is 1.67. The van der Waals surface area contributed by atoms with Crippen molar-refractivity contribution in [1.29, 1.82) is 0 Å². The molecule has 0 saturated heterocycles. The molecular formula is C13H22N2OS2. The highest BCUT2D eigenvalue weighted by molar-refractivity contribution is 8.01. The van der Waals surface area contributed by atoms with Crippen molar-refractivity contribution in [2.45, 2.75) is 12.8 Å². The summed E-state index contributed by atoms with van der Waals surface area (Å²) < 4.78 is 0. The average molecular weight is 286 g/mol. The second kappa shape index (κ2) is 12.6. The van der Waals surface area contributed by atoms with Crippen LogP contribution in [0.3, 0.4) is 0 Å². The Morgan fingerprint density at radius 1 is 1.06 bits per heavy atom. The van der Waals surface area contributed by atoms with Crippen molar-refractivity contribution in [2.24, 2.45) is 0 Å². The molecule has 0 aromatic heterocycles. The normalized spacial score (nSPS) is 11.0. The molecule has 0 bridgehead atoms. The van der Waals surface area contributed by atoms with Crippen molar-refractivity contribution in [3.63, 3.8) is 0 Å². The third kappa shape index (κ3) is 11.7. The highest BCUT2D eigenvalue weighted by atomic mass is 32.2. The van der Waals surface area contributed by atoms with Gasteiger partial charge in [-0.1, -0.05) is 6.58 Å². The fourth-order valence-electron chi connectivity index (χ4n) is 1.11. The Morgan fingerprint density at radius 2 is 1.61 bits per heavy atom. The van der Waals surface area contributed by atoms with Crippen molar-refractivity contribution in [1.82, 2.24) is 10.6 Å². The molecule has 0 aromatic rings. The maximum Gasteiger partial charge on any atom is 0.244 e. The number of carbonyl (C=O) groups excluding carboxylic acids is 1. The SMILES string of the molecule is C=C(C=CSC)NCCCCNC(=O)C=CSC. The number of nitrogens with one attached hydrogen (secondary N) is 2. The summed E-state index contributed by atoms with van der Waals surface area (Å²) in [5.74, 6) is -0.0235. The van der Waals surface area contributed by atoms with Gasteiger partial charge in [0.2, 0.25) is 5.91 Å². The molecule has 0 spiro atoms. The summed E-state index contributed by atoms with van der Waals surface area (Å²) in [6.07, 6.45) is 9.42. The molecular weight excluding hydrogens is 264 g/mol. The first kappa shape index (κ1) is 17.2. The van der Waals surface area contributed by atoms with E-state index in [4.69, 9.17) is 0 Å². The van der Waals surface area contributed by atoms with Gasteiger partial charge in [0, 0.05) is 24.9 Å². The van der Waals surface area contributed by atoms with Gasteiger partial charge in [-0.15, -0.1) is 23.5 Å². The van der Waals surface area contributed by atoms with E-state index in [0.29, 0.717) is 6.54 Å². The van der Waals surface area contributed by atoms with E-state index in [2.05, 4.69) is 17.2 Å². The Hall–Kier alpha value is -0.810. The van der Waals surface area contributed by atoms with Crippen LogP contribution >= 0.6 is 23.5 Å². The molecule has 0 aliphatic heterocycles. The Labute approximate surface area is 119 Å². The van der Waals surface area contributed by atoms with Gasteiger partial charge < -0.3 is 10.6 Å². The lowest BCUT2D eigenvalue weighted by Crippen LogP contribution is -2.23. The molecule has 5 heteroatoms. The second-order valence-electron chi connectivity index (χ2n) is 3.53. The van der Waals surface area contributed by atoms with Crippen molar-refractivity contribution >= 4 is 29.4 Å². The minimum absolute atomic E-state index is 0.0235. The zero-order chi connectivity index (χ0) is 13.6. The van der Waals surface area contributed by atoms with E-state index in [-0.39, 0.29) is 5.91 Å². The largest absolute Gasteiger partial charge is 0.386 e. The monoisotopic (exact) mass is 286 g/mol. The van der Waals surface area contributed by atoms with Crippen LogP contribution < -0.4 is 10.6 Å². The zero-order valence-electron chi connectivity index (χ0n) is 11.1. The fraction of sp³-hybridized carbons (Fsp3) is 0.462. The molecule has 0 saturated carbocycles. The van der Waals surface area contributed by atoms with E-state index < -0.39 is 0 Å². The smallest absolute Gasteiger partial charge is 0.244 e. The summed E-state index contributed by atoms with van der Waals surface area (Å²) in [6, 6.07) is 0. The molecule has 0 aliphatic carbocycles. The van der Waals surface area contributed by atoms with Gasteiger partial charge in [-0.25, -0.2) is 0 Å². The van der Waals surface area contributed by atoms with E-state index in [1.165, 1.54) is 11.8 Å². The van der Waals surface area contributed by atoms with Gasteiger partial charge >= 0.3 is 0 Å². The molecule has 0 aromatic carbocycles. The summed E-state index contributed by atoms with van der Waals surface area (Å²) >= 11 is 3.17. The van der Waals surface area contributed by atoms with E-state index in [9.17, 15) is 4.79 Å². The Balaban J connectivity index is 3.41. The van der Waals surface area contributed by atoms with E-state index >= 15 is 0 Å². The predicted molar refractivity (Wildman–Crippen MR) is 84.7 cm³/mol. The number of carbonyl (C=O) groups is 1. The molecule has 0 heterocycles. The van der Waals surface area contributed by atoms with Crippen LogP contribution in [0.1, 0.15) is 12.8 Å². The first-order valence-corrected chi connectivity index (χ1v) is 8.37. The molecule has 0 rings (SSSR count). The first-order chi connectivity index (χ1) is 8.70.